The molecule has 5 heteroatoms. The molecule has 0 spiro atoms. The topological polar surface area (TPSA) is 64.6 Å². The van der Waals surface area contributed by atoms with Crippen LogP contribution in [0.15, 0.2) is 0 Å². The van der Waals surface area contributed by atoms with Crippen molar-refractivity contribution in [3.8, 4) is 0 Å². The van der Waals surface area contributed by atoms with E-state index in [1.54, 1.807) is 0 Å². The first-order chi connectivity index (χ1) is 10.7. The molecular weight excluding hydrogens is 292 g/mol. The minimum atomic E-state index is 0.380. The summed E-state index contributed by atoms with van der Waals surface area (Å²) >= 11 is 5.43. The molecule has 2 rings (SSSR count). The zero-order valence-corrected chi connectivity index (χ0v) is 14.6. The van der Waals surface area contributed by atoms with Crippen LogP contribution in [0.4, 0.5) is 5.82 Å². The summed E-state index contributed by atoms with van der Waals surface area (Å²) in [4.78, 5) is 7.99. The zero-order chi connectivity index (χ0) is 15.9. The number of nitrogens with zero attached hydrogens (tertiary/aromatic N) is 1. The minimum Gasteiger partial charge on any atom is -0.367 e. The van der Waals surface area contributed by atoms with Crippen LogP contribution < -0.4 is 5.32 Å². The van der Waals surface area contributed by atoms with Crippen molar-refractivity contribution in [3.05, 3.63) is 16.0 Å². The fourth-order valence-electron chi connectivity index (χ4n) is 3.22. The summed E-state index contributed by atoms with van der Waals surface area (Å²) in [5.41, 5.74) is 0.703. The van der Waals surface area contributed by atoms with E-state index in [1.165, 1.54) is 38.3 Å². The van der Waals surface area contributed by atoms with Crippen molar-refractivity contribution < 1.29 is 0 Å². The quantitative estimate of drug-likeness (QED) is 0.496. The Labute approximate surface area is 138 Å². The summed E-state index contributed by atoms with van der Waals surface area (Å²) in [6.07, 6.45) is 11.0. The summed E-state index contributed by atoms with van der Waals surface area (Å²) in [6, 6.07) is 0.380. The highest BCUT2D eigenvalue weighted by molar-refractivity contribution is 7.71. The van der Waals surface area contributed by atoms with Crippen LogP contribution in [0.3, 0.4) is 0 Å². The number of aromatic nitrogens is 2. The highest BCUT2D eigenvalue weighted by Crippen LogP contribution is 2.26. The van der Waals surface area contributed by atoms with Gasteiger partial charge in [-0.1, -0.05) is 58.2 Å². The highest BCUT2D eigenvalue weighted by Gasteiger charge is 2.17. The predicted octanol–water partition coefficient (Wildman–Crippen LogP) is 4.86. The maximum atomic E-state index is 7.62. The Bertz CT molecular complexity index is 542. The Kier molecular flexibility index (Phi) is 6.55. The van der Waals surface area contributed by atoms with Crippen molar-refractivity contribution >= 4 is 24.3 Å². The Balaban J connectivity index is 2.22. The molecule has 0 aliphatic heterocycles. The molecule has 0 bridgehead atoms. The number of rotatable bonds is 7. The number of H-pyrrole nitrogens is 1. The molecule has 0 aromatic carbocycles. The molecule has 0 saturated heterocycles. The van der Waals surface area contributed by atoms with Crippen LogP contribution in [0.2, 0.25) is 0 Å². The molecule has 1 saturated carbocycles. The molecule has 1 aliphatic rings. The minimum absolute atomic E-state index is 0.380. The number of nitrogens with one attached hydrogen (secondary N) is 3. The second-order valence-electron chi connectivity index (χ2n) is 6.29. The highest BCUT2D eigenvalue weighted by atomic mass is 32.1. The van der Waals surface area contributed by atoms with Crippen molar-refractivity contribution in [2.24, 2.45) is 5.92 Å². The first-order valence-electron chi connectivity index (χ1n) is 8.58. The predicted molar refractivity (Wildman–Crippen MR) is 95.6 cm³/mol. The van der Waals surface area contributed by atoms with Gasteiger partial charge in [-0.25, -0.2) is 4.98 Å². The molecule has 22 heavy (non-hydrogen) atoms. The lowest BCUT2D eigenvalue weighted by atomic mass is 9.87. The van der Waals surface area contributed by atoms with Crippen molar-refractivity contribution in [1.82, 2.24) is 9.97 Å². The molecule has 0 atom stereocenters. The average molecular weight is 321 g/mol. The Morgan fingerprint density at radius 3 is 2.59 bits per heavy atom. The Hall–Kier alpha value is -1.23. The molecule has 1 aromatic rings. The normalized spacial score (nSPS) is 16.0. The van der Waals surface area contributed by atoms with E-state index < -0.39 is 0 Å². The van der Waals surface area contributed by atoms with Crippen LogP contribution in [0, 0.1) is 16.0 Å². The zero-order valence-electron chi connectivity index (χ0n) is 13.7. The molecule has 4 nitrogen and oxygen atoms in total. The van der Waals surface area contributed by atoms with Crippen molar-refractivity contribution in [2.45, 2.75) is 71.3 Å². The lowest BCUT2D eigenvalue weighted by Gasteiger charge is -2.22. The van der Waals surface area contributed by atoms with Gasteiger partial charge in [0.15, 0.2) is 0 Å². The monoisotopic (exact) mass is 320 g/mol. The molecule has 1 aromatic heterocycles. The van der Waals surface area contributed by atoms with Crippen LogP contribution in [0.1, 0.15) is 70.2 Å². The van der Waals surface area contributed by atoms with Crippen LogP contribution in [0.5, 0.6) is 0 Å². The van der Waals surface area contributed by atoms with Gasteiger partial charge in [0.1, 0.15) is 16.3 Å². The second kappa shape index (κ2) is 8.42. The van der Waals surface area contributed by atoms with Crippen LogP contribution in [0.25, 0.3) is 0 Å². The maximum absolute atomic E-state index is 7.62. The fourth-order valence-corrected chi connectivity index (χ4v) is 3.49. The first-order valence-corrected chi connectivity index (χ1v) is 8.98. The van der Waals surface area contributed by atoms with Gasteiger partial charge in [-0.05, 0) is 18.8 Å². The number of hydrogen-bond acceptors (Lipinski definition) is 4. The van der Waals surface area contributed by atoms with Crippen molar-refractivity contribution in [1.29, 1.82) is 5.41 Å². The SMILES string of the molecule is CCC(CC)Nc1nc(CC2CCCCC2)[nH]c(=S)c1C=N. The van der Waals surface area contributed by atoms with Crippen LogP contribution in [-0.2, 0) is 6.42 Å². The maximum Gasteiger partial charge on any atom is 0.140 e. The molecule has 3 N–H and O–H groups in total. The molecule has 1 fully saturated rings. The molecule has 0 unspecified atom stereocenters. The lowest BCUT2D eigenvalue weighted by molar-refractivity contribution is 0.351. The number of anilines is 1. The summed E-state index contributed by atoms with van der Waals surface area (Å²) in [6.45, 7) is 4.33. The van der Waals surface area contributed by atoms with E-state index in [9.17, 15) is 0 Å². The van der Waals surface area contributed by atoms with Gasteiger partial charge < -0.3 is 15.7 Å². The molecule has 0 amide bonds. The van der Waals surface area contributed by atoms with Crippen molar-refractivity contribution in [3.63, 3.8) is 0 Å². The van der Waals surface area contributed by atoms with E-state index in [0.29, 0.717) is 16.2 Å². The lowest BCUT2D eigenvalue weighted by Crippen LogP contribution is -2.21. The first kappa shape index (κ1) is 17.1. The van der Waals surface area contributed by atoms with Gasteiger partial charge in [0.05, 0.1) is 5.56 Å². The van der Waals surface area contributed by atoms with Gasteiger partial charge in [-0.3, -0.25) is 0 Å². The summed E-state index contributed by atoms with van der Waals surface area (Å²) in [5.74, 6) is 2.47. The standard InChI is InChI=1S/C17H28N4S/c1-3-13(4-2)19-16-14(11-18)17(22)21-15(20-16)10-12-8-6-5-7-9-12/h11-13,18H,3-10H2,1-2H3,(H2,19,20,21,22). The third kappa shape index (κ3) is 4.38. The number of hydrogen-bond donors (Lipinski definition) is 3. The van der Waals surface area contributed by atoms with E-state index in [2.05, 4.69) is 24.1 Å². The summed E-state index contributed by atoms with van der Waals surface area (Å²) in [7, 11) is 0. The molecule has 1 aliphatic carbocycles. The third-order valence-corrected chi connectivity index (χ3v) is 5.00. The van der Waals surface area contributed by atoms with E-state index >= 15 is 0 Å². The smallest absolute Gasteiger partial charge is 0.140 e. The van der Waals surface area contributed by atoms with Gasteiger partial charge in [0, 0.05) is 18.7 Å². The Morgan fingerprint density at radius 1 is 1.32 bits per heavy atom. The Morgan fingerprint density at radius 2 is 2.00 bits per heavy atom. The largest absolute Gasteiger partial charge is 0.367 e. The summed E-state index contributed by atoms with van der Waals surface area (Å²) in [5, 5.41) is 11.1. The van der Waals surface area contributed by atoms with E-state index in [-0.39, 0.29) is 0 Å². The molecular formula is C17H28N4S. The van der Waals surface area contributed by atoms with Crippen LogP contribution >= 0.6 is 12.2 Å². The third-order valence-electron chi connectivity index (χ3n) is 4.68. The van der Waals surface area contributed by atoms with E-state index in [0.717, 1.165) is 36.8 Å². The van der Waals surface area contributed by atoms with Crippen molar-refractivity contribution in [2.75, 3.05) is 5.32 Å². The number of aromatic amines is 1. The van der Waals surface area contributed by atoms with Gasteiger partial charge in [0.2, 0.25) is 0 Å². The molecule has 122 valence electrons. The summed E-state index contributed by atoms with van der Waals surface area (Å²) < 4.78 is 0.629. The van der Waals surface area contributed by atoms with Gasteiger partial charge >= 0.3 is 0 Å². The van der Waals surface area contributed by atoms with Crippen LogP contribution in [-0.4, -0.2) is 22.2 Å². The van der Waals surface area contributed by atoms with Gasteiger partial charge in [-0.2, -0.15) is 0 Å². The molecule has 0 radical (unpaired) electrons. The van der Waals surface area contributed by atoms with E-state index in [1.807, 2.05) is 0 Å². The van der Waals surface area contributed by atoms with E-state index in [4.69, 9.17) is 22.6 Å². The molecule has 1 heterocycles. The van der Waals surface area contributed by atoms with Gasteiger partial charge in [-0.15, -0.1) is 0 Å². The second-order valence-corrected chi connectivity index (χ2v) is 6.69. The average Bonchev–Trinajstić information content (AvgIpc) is 2.53. The fraction of sp³-hybridized carbons (Fsp3) is 0.706. The van der Waals surface area contributed by atoms with Gasteiger partial charge in [0.25, 0.3) is 0 Å².